The smallest absolute Gasteiger partial charge is 0.0538 e. The normalized spacial score (nSPS) is 25.0. The van der Waals surface area contributed by atoms with Crippen LogP contribution in [0.5, 0.6) is 0 Å². The molecule has 2 nitrogen and oxygen atoms in total. The minimum Gasteiger partial charge on any atom is -0.393 e. The fraction of sp³-hybridized carbons (Fsp3) is 1.00. The van der Waals surface area contributed by atoms with Gasteiger partial charge in [-0.3, -0.25) is 0 Å². The minimum absolute atomic E-state index is 0.0755. The summed E-state index contributed by atoms with van der Waals surface area (Å²) in [6.45, 7) is 10.4. The SMILES string of the molecule is CCC(O)CCCN1CCC(C(C)C)C1. The van der Waals surface area contributed by atoms with Crippen molar-refractivity contribution >= 4 is 0 Å². The summed E-state index contributed by atoms with van der Waals surface area (Å²) in [5, 5.41) is 9.45. The van der Waals surface area contributed by atoms with E-state index in [-0.39, 0.29) is 6.10 Å². The van der Waals surface area contributed by atoms with Crippen LogP contribution >= 0.6 is 0 Å². The molecule has 0 aromatic carbocycles. The fourth-order valence-corrected chi connectivity index (χ4v) is 2.36. The Balaban J connectivity index is 2.09. The van der Waals surface area contributed by atoms with E-state index in [1.807, 2.05) is 0 Å². The summed E-state index contributed by atoms with van der Waals surface area (Å²) in [5.74, 6) is 1.73. The Morgan fingerprint density at radius 3 is 2.67 bits per heavy atom. The minimum atomic E-state index is -0.0755. The van der Waals surface area contributed by atoms with E-state index >= 15 is 0 Å². The van der Waals surface area contributed by atoms with Crippen LogP contribution < -0.4 is 0 Å². The van der Waals surface area contributed by atoms with Crippen LogP contribution in [-0.4, -0.2) is 35.7 Å². The molecule has 0 aliphatic carbocycles. The van der Waals surface area contributed by atoms with E-state index < -0.39 is 0 Å². The predicted octanol–water partition coefficient (Wildman–Crippen LogP) is 2.52. The molecular weight excluding hydrogens is 186 g/mol. The van der Waals surface area contributed by atoms with Gasteiger partial charge in [-0.15, -0.1) is 0 Å². The highest BCUT2D eigenvalue weighted by Gasteiger charge is 2.24. The van der Waals surface area contributed by atoms with Crippen LogP contribution in [0.2, 0.25) is 0 Å². The van der Waals surface area contributed by atoms with Gasteiger partial charge in [-0.1, -0.05) is 20.8 Å². The first kappa shape index (κ1) is 13.0. The van der Waals surface area contributed by atoms with Gasteiger partial charge >= 0.3 is 0 Å². The van der Waals surface area contributed by atoms with Crippen LogP contribution in [0.4, 0.5) is 0 Å². The van der Waals surface area contributed by atoms with Crippen molar-refractivity contribution in [1.82, 2.24) is 4.90 Å². The predicted molar refractivity (Wildman–Crippen MR) is 64.9 cm³/mol. The van der Waals surface area contributed by atoms with Gasteiger partial charge in [0.15, 0.2) is 0 Å². The molecular formula is C13H27NO. The van der Waals surface area contributed by atoms with Gasteiger partial charge in [0.25, 0.3) is 0 Å². The molecule has 15 heavy (non-hydrogen) atoms. The van der Waals surface area contributed by atoms with Gasteiger partial charge < -0.3 is 10.0 Å². The highest BCUT2D eigenvalue weighted by molar-refractivity contribution is 4.77. The summed E-state index contributed by atoms with van der Waals surface area (Å²) >= 11 is 0. The third-order valence-corrected chi connectivity index (χ3v) is 3.73. The van der Waals surface area contributed by atoms with Crippen molar-refractivity contribution in [3.05, 3.63) is 0 Å². The van der Waals surface area contributed by atoms with Crippen molar-refractivity contribution in [2.24, 2.45) is 11.8 Å². The van der Waals surface area contributed by atoms with E-state index in [0.717, 1.165) is 31.1 Å². The number of hydrogen-bond donors (Lipinski definition) is 1. The van der Waals surface area contributed by atoms with Gasteiger partial charge in [-0.25, -0.2) is 0 Å². The molecule has 0 aromatic heterocycles. The second-order valence-electron chi connectivity index (χ2n) is 5.30. The lowest BCUT2D eigenvalue weighted by Crippen LogP contribution is -2.24. The maximum absolute atomic E-state index is 9.45. The van der Waals surface area contributed by atoms with Gasteiger partial charge in [-0.05, 0) is 50.6 Å². The average Bonchev–Trinajstić information content (AvgIpc) is 2.66. The van der Waals surface area contributed by atoms with Crippen LogP contribution in [0, 0.1) is 11.8 Å². The first-order valence-electron chi connectivity index (χ1n) is 6.54. The number of likely N-dealkylation sites (tertiary alicyclic amines) is 1. The maximum Gasteiger partial charge on any atom is 0.0538 e. The van der Waals surface area contributed by atoms with Gasteiger partial charge in [0.2, 0.25) is 0 Å². The van der Waals surface area contributed by atoms with Gasteiger partial charge in [-0.2, -0.15) is 0 Å². The number of hydrogen-bond acceptors (Lipinski definition) is 2. The van der Waals surface area contributed by atoms with Crippen molar-refractivity contribution in [2.75, 3.05) is 19.6 Å². The average molecular weight is 213 g/mol. The number of aliphatic hydroxyl groups is 1. The Hall–Kier alpha value is -0.0800. The summed E-state index contributed by atoms with van der Waals surface area (Å²) in [5.41, 5.74) is 0. The molecule has 1 fully saturated rings. The summed E-state index contributed by atoms with van der Waals surface area (Å²) < 4.78 is 0. The molecule has 1 heterocycles. The van der Waals surface area contributed by atoms with Crippen molar-refractivity contribution in [1.29, 1.82) is 0 Å². The Morgan fingerprint density at radius 2 is 2.13 bits per heavy atom. The third kappa shape index (κ3) is 4.52. The zero-order chi connectivity index (χ0) is 11.3. The van der Waals surface area contributed by atoms with Crippen molar-refractivity contribution in [3.8, 4) is 0 Å². The first-order valence-corrected chi connectivity index (χ1v) is 6.54. The van der Waals surface area contributed by atoms with E-state index in [0.29, 0.717) is 0 Å². The lowest BCUT2D eigenvalue weighted by Gasteiger charge is -2.18. The van der Waals surface area contributed by atoms with Crippen LogP contribution in [0.1, 0.15) is 46.5 Å². The van der Waals surface area contributed by atoms with Gasteiger partial charge in [0.1, 0.15) is 0 Å². The quantitative estimate of drug-likeness (QED) is 0.733. The van der Waals surface area contributed by atoms with Crippen molar-refractivity contribution < 1.29 is 5.11 Å². The number of nitrogens with zero attached hydrogens (tertiary/aromatic N) is 1. The van der Waals surface area contributed by atoms with E-state index in [1.165, 1.54) is 26.1 Å². The topological polar surface area (TPSA) is 23.5 Å². The molecule has 2 atom stereocenters. The Bertz CT molecular complexity index is 170. The summed E-state index contributed by atoms with van der Waals surface area (Å²) in [4.78, 5) is 2.56. The highest BCUT2D eigenvalue weighted by Crippen LogP contribution is 2.23. The first-order chi connectivity index (χ1) is 7.13. The zero-order valence-electron chi connectivity index (χ0n) is 10.6. The molecule has 0 aromatic rings. The molecule has 0 saturated carbocycles. The summed E-state index contributed by atoms with van der Waals surface area (Å²) in [6, 6.07) is 0. The molecule has 1 rings (SSSR count). The molecule has 1 saturated heterocycles. The van der Waals surface area contributed by atoms with E-state index in [4.69, 9.17) is 0 Å². The fourth-order valence-electron chi connectivity index (χ4n) is 2.36. The molecule has 0 amide bonds. The van der Waals surface area contributed by atoms with E-state index in [2.05, 4.69) is 25.7 Å². The standard InChI is InChI=1S/C13H27NO/c1-4-13(15)6-5-8-14-9-7-12(10-14)11(2)3/h11-13,15H,4-10H2,1-3H3. The van der Waals surface area contributed by atoms with Crippen LogP contribution in [0.3, 0.4) is 0 Å². The van der Waals surface area contributed by atoms with Crippen molar-refractivity contribution in [3.63, 3.8) is 0 Å². The van der Waals surface area contributed by atoms with Crippen molar-refractivity contribution in [2.45, 2.75) is 52.6 Å². The van der Waals surface area contributed by atoms with E-state index in [9.17, 15) is 5.11 Å². The zero-order valence-corrected chi connectivity index (χ0v) is 10.6. The maximum atomic E-state index is 9.45. The molecule has 0 radical (unpaired) electrons. The third-order valence-electron chi connectivity index (χ3n) is 3.73. The van der Waals surface area contributed by atoms with Gasteiger partial charge in [0.05, 0.1) is 6.10 Å². The van der Waals surface area contributed by atoms with Crippen LogP contribution in [0.25, 0.3) is 0 Å². The number of rotatable bonds is 6. The molecule has 1 N–H and O–H groups in total. The molecule has 1 aliphatic rings. The van der Waals surface area contributed by atoms with Crippen LogP contribution in [-0.2, 0) is 0 Å². The summed E-state index contributed by atoms with van der Waals surface area (Å²) in [7, 11) is 0. The lowest BCUT2D eigenvalue weighted by molar-refractivity contribution is 0.151. The molecule has 1 aliphatic heterocycles. The van der Waals surface area contributed by atoms with Gasteiger partial charge in [0, 0.05) is 6.54 Å². The molecule has 0 bridgehead atoms. The molecule has 2 heteroatoms. The largest absolute Gasteiger partial charge is 0.393 e. The molecule has 90 valence electrons. The second-order valence-corrected chi connectivity index (χ2v) is 5.30. The Kier molecular flexibility index (Phi) is 5.62. The summed E-state index contributed by atoms with van der Waals surface area (Å²) in [6.07, 6.45) is 4.32. The Labute approximate surface area is 94.7 Å². The van der Waals surface area contributed by atoms with Crippen LogP contribution in [0.15, 0.2) is 0 Å². The molecule has 2 unspecified atom stereocenters. The highest BCUT2D eigenvalue weighted by atomic mass is 16.3. The molecule has 0 spiro atoms. The second kappa shape index (κ2) is 6.49. The Morgan fingerprint density at radius 1 is 1.40 bits per heavy atom. The lowest BCUT2D eigenvalue weighted by atomic mass is 9.95. The van der Waals surface area contributed by atoms with E-state index in [1.54, 1.807) is 0 Å². The monoisotopic (exact) mass is 213 g/mol. The number of aliphatic hydroxyl groups excluding tert-OH is 1.